The Labute approximate surface area is 105 Å². The predicted molar refractivity (Wildman–Crippen MR) is 65.7 cm³/mol. The van der Waals surface area contributed by atoms with Crippen LogP contribution in [0.3, 0.4) is 0 Å². The Bertz CT molecular complexity index is 411. The van der Waals surface area contributed by atoms with Gasteiger partial charge < -0.3 is 15.9 Å². The summed E-state index contributed by atoms with van der Waals surface area (Å²) in [4.78, 5) is 10.7. The Kier molecular flexibility index (Phi) is 4.51. The van der Waals surface area contributed by atoms with Gasteiger partial charge in [0.05, 0.1) is 12.5 Å². The van der Waals surface area contributed by atoms with Gasteiger partial charge in [-0.25, -0.2) is 0 Å². The fraction of sp³-hybridized carbons (Fsp3) is 0.417. The number of amides is 1. The van der Waals surface area contributed by atoms with Gasteiger partial charge in [-0.05, 0) is 30.5 Å². The number of nitrogens with two attached hydrogens (primary N) is 1. The van der Waals surface area contributed by atoms with Crippen molar-refractivity contribution in [2.45, 2.75) is 32.5 Å². The van der Waals surface area contributed by atoms with Crippen molar-refractivity contribution in [3.8, 4) is 0 Å². The summed E-state index contributed by atoms with van der Waals surface area (Å²) < 4.78 is 0. The number of carbonyl (C=O) groups excluding carboxylic acids is 1. The first-order chi connectivity index (χ1) is 7.82. The SMILES string of the molecule is Cc1cc(C(O)C(O)CC(N)=O)cc(C)c1Cl. The molecule has 1 rings (SSSR count). The number of primary amides is 1. The van der Waals surface area contributed by atoms with Crippen LogP contribution in [0.1, 0.15) is 29.2 Å². The number of aliphatic hydroxyl groups is 2. The number of rotatable bonds is 4. The number of carbonyl (C=O) groups is 1. The monoisotopic (exact) mass is 257 g/mol. The molecule has 1 amide bonds. The Balaban J connectivity index is 2.96. The van der Waals surface area contributed by atoms with Crippen molar-refractivity contribution >= 4 is 17.5 Å². The second-order valence-electron chi connectivity index (χ2n) is 4.15. The summed E-state index contributed by atoms with van der Waals surface area (Å²) in [7, 11) is 0. The number of halogens is 1. The van der Waals surface area contributed by atoms with E-state index in [-0.39, 0.29) is 6.42 Å². The van der Waals surface area contributed by atoms with Crippen molar-refractivity contribution in [3.63, 3.8) is 0 Å². The van der Waals surface area contributed by atoms with E-state index >= 15 is 0 Å². The third kappa shape index (κ3) is 3.43. The van der Waals surface area contributed by atoms with Crippen LogP contribution in [-0.4, -0.2) is 22.2 Å². The molecule has 94 valence electrons. The highest BCUT2D eigenvalue weighted by Gasteiger charge is 2.21. The lowest BCUT2D eigenvalue weighted by Gasteiger charge is -2.18. The van der Waals surface area contributed by atoms with Gasteiger partial charge in [-0.3, -0.25) is 4.79 Å². The molecular formula is C12H16ClNO3. The normalized spacial score (nSPS) is 14.4. The Morgan fingerprint density at radius 2 is 1.82 bits per heavy atom. The topological polar surface area (TPSA) is 83.6 Å². The minimum atomic E-state index is -1.20. The number of aryl methyl sites for hydroxylation is 2. The second-order valence-corrected chi connectivity index (χ2v) is 4.53. The molecule has 0 aliphatic heterocycles. The fourth-order valence-corrected chi connectivity index (χ4v) is 1.80. The minimum absolute atomic E-state index is 0.276. The van der Waals surface area contributed by atoms with E-state index < -0.39 is 18.1 Å². The summed E-state index contributed by atoms with van der Waals surface area (Å²) in [6.07, 6.45) is -2.62. The van der Waals surface area contributed by atoms with Crippen LogP contribution in [0, 0.1) is 13.8 Å². The summed E-state index contributed by atoms with van der Waals surface area (Å²) in [5.74, 6) is -0.654. The highest BCUT2D eigenvalue weighted by atomic mass is 35.5. The van der Waals surface area contributed by atoms with Crippen molar-refractivity contribution in [1.82, 2.24) is 0 Å². The standard InChI is InChI=1S/C12H16ClNO3/c1-6-3-8(4-7(2)11(6)13)12(17)9(15)5-10(14)16/h3-4,9,12,15,17H,5H2,1-2H3,(H2,14,16). The van der Waals surface area contributed by atoms with E-state index in [2.05, 4.69) is 0 Å². The van der Waals surface area contributed by atoms with Crippen molar-refractivity contribution in [3.05, 3.63) is 33.8 Å². The molecule has 0 saturated carbocycles. The largest absolute Gasteiger partial charge is 0.390 e. The molecule has 4 nitrogen and oxygen atoms in total. The molecule has 4 N–H and O–H groups in total. The number of hydrogen-bond acceptors (Lipinski definition) is 3. The van der Waals surface area contributed by atoms with Crippen molar-refractivity contribution < 1.29 is 15.0 Å². The first-order valence-electron chi connectivity index (χ1n) is 5.24. The molecule has 0 aliphatic rings. The van der Waals surface area contributed by atoms with Gasteiger partial charge in [0.25, 0.3) is 0 Å². The molecule has 0 heterocycles. The minimum Gasteiger partial charge on any atom is -0.390 e. The van der Waals surface area contributed by atoms with E-state index in [1.54, 1.807) is 12.1 Å². The van der Waals surface area contributed by atoms with Gasteiger partial charge in [-0.2, -0.15) is 0 Å². The zero-order valence-corrected chi connectivity index (χ0v) is 10.5. The maximum atomic E-state index is 10.7. The molecule has 17 heavy (non-hydrogen) atoms. The van der Waals surface area contributed by atoms with Crippen LogP contribution < -0.4 is 5.73 Å². The van der Waals surface area contributed by atoms with Crippen LogP contribution >= 0.6 is 11.6 Å². The van der Waals surface area contributed by atoms with Gasteiger partial charge in [0.2, 0.25) is 5.91 Å². The third-order valence-electron chi connectivity index (χ3n) is 2.58. The maximum absolute atomic E-state index is 10.7. The van der Waals surface area contributed by atoms with E-state index in [1.807, 2.05) is 13.8 Å². The average Bonchev–Trinajstić information content (AvgIpc) is 2.23. The molecule has 2 atom stereocenters. The highest BCUT2D eigenvalue weighted by Crippen LogP contribution is 2.27. The molecule has 1 aromatic rings. The van der Waals surface area contributed by atoms with Gasteiger partial charge in [0.15, 0.2) is 0 Å². The third-order valence-corrected chi connectivity index (χ3v) is 3.17. The molecule has 0 aliphatic carbocycles. The Hall–Kier alpha value is -1.10. The Morgan fingerprint density at radius 1 is 1.35 bits per heavy atom. The summed E-state index contributed by atoms with van der Waals surface area (Å²) in [6.45, 7) is 3.62. The predicted octanol–water partition coefficient (Wildman–Crippen LogP) is 1.23. The van der Waals surface area contributed by atoms with Crippen molar-refractivity contribution in [2.75, 3.05) is 0 Å². The number of aliphatic hydroxyl groups excluding tert-OH is 2. The average molecular weight is 258 g/mol. The van der Waals surface area contributed by atoms with Crippen LogP contribution in [0.4, 0.5) is 0 Å². The second kappa shape index (κ2) is 5.49. The summed E-state index contributed by atoms with van der Waals surface area (Å²) in [6, 6.07) is 3.37. The van der Waals surface area contributed by atoms with Crippen LogP contribution in [0.2, 0.25) is 5.02 Å². The van der Waals surface area contributed by atoms with Crippen LogP contribution in [0.25, 0.3) is 0 Å². The molecule has 0 aromatic heterocycles. The van der Waals surface area contributed by atoms with Gasteiger partial charge in [0.1, 0.15) is 6.10 Å². The fourth-order valence-electron chi connectivity index (χ4n) is 1.69. The first kappa shape index (κ1) is 14.0. The van der Waals surface area contributed by atoms with E-state index in [0.717, 1.165) is 11.1 Å². The van der Waals surface area contributed by atoms with Gasteiger partial charge in [-0.1, -0.05) is 23.7 Å². The van der Waals surface area contributed by atoms with Crippen LogP contribution in [0.15, 0.2) is 12.1 Å². The molecule has 5 heteroatoms. The van der Waals surface area contributed by atoms with Gasteiger partial charge in [-0.15, -0.1) is 0 Å². The van der Waals surface area contributed by atoms with E-state index in [0.29, 0.717) is 10.6 Å². The zero-order valence-electron chi connectivity index (χ0n) is 9.77. The van der Waals surface area contributed by atoms with Crippen LogP contribution in [-0.2, 0) is 4.79 Å². The van der Waals surface area contributed by atoms with Crippen LogP contribution in [0.5, 0.6) is 0 Å². The number of benzene rings is 1. The molecular weight excluding hydrogens is 242 g/mol. The molecule has 0 saturated heterocycles. The molecule has 0 radical (unpaired) electrons. The highest BCUT2D eigenvalue weighted by molar-refractivity contribution is 6.32. The number of hydrogen-bond donors (Lipinski definition) is 3. The smallest absolute Gasteiger partial charge is 0.220 e. The summed E-state index contributed by atoms with van der Waals surface area (Å²) in [5.41, 5.74) is 7.11. The molecule has 0 spiro atoms. The Morgan fingerprint density at radius 3 is 2.24 bits per heavy atom. The quantitative estimate of drug-likeness (QED) is 0.759. The summed E-state index contributed by atoms with van der Waals surface area (Å²) >= 11 is 6.00. The molecule has 0 bridgehead atoms. The first-order valence-corrected chi connectivity index (χ1v) is 5.61. The molecule has 1 aromatic carbocycles. The van der Waals surface area contributed by atoms with E-state index in [4.69, 9.17) is 17.3 Å². The van der Waals surface area contributed by atoms with Crippen molar-refractivity contribution in [1.29, 1.82) is 0 Å². The lowest BCUT2D eigenvalue weighted by Crippen LogP contribution is -2.25. The van der Waals surface area contributed by atoms with E-state index in [1.165, 1.54) is 0 Å². The lowest BCUT2D eigenvalue weighted by atomic mass is 9.98. The summed E-state index contributed by atoms with van der Waals surface area (Å²) in [5, 5.41) is 20.1. The zero-order chi connectivity index (χ0) is 13.2. The lowest BCUT2D eigenvalue weighted by molar-refractivity contribution is -0.121. The van der Waals surface area contributed by atoms with Gasteiger partial charge >= 0.3 is 0 Å². The molecule has 2 unspecified atom stereocenters. The van der Waals surface area contributed by atoms with Crippen molar-refractivity contribution in [2.24, 2.45) is 5.73 Å². The molecule has 0 fully saturated rings. The van der Waals surface area contributed by atoms with E-state index in [9.17, 15) is 15.0 Å². The van der Waals surface area contributed by atoms with Gasteiger partial charge in [0, 0.05) is 5.02 Å². The maximum Gasteiger partial charge on any atom is 0.220 e.